The molecule has 6 unspecified atom stereocenters. The second kappa shape index (κ2) is 9.93. The van der Waals surface area contributed by atoms with Gasteiger partial charge in [0.25, 0.3) is 0 Å². The van der Waals surface area contributed by atoms with Crippen LogP contribution in [0.1, 0.15) is 99.3 Å². The number of nitrogens with zero attached hydrogens (tertiary/aromatic N) is 4. The molecule has 5 nitrogen and oxygen atoms in total. The van der Waals surface area contributed by atoms with Crippen LogP contribution in [0.3, 0.4) is 0 Å². The number of allylic oxidation sites excluding steroid dienone is 1. The van der Waals surface area contributed by atoms with Crippen molar-refractivity contribution in [2.75, 3.05) is 19.7 Å². The summed E-state index contributed by atoms with van der Waals surface area (Å²) in [5, 5.41) is 3.65. The highest BCUT2D eigenvalue weighted by Crippen LogP contribution is 2.69. The van der Waals surface area contributed by atoms with Gasteiger partial charge >= 0.3 is 0 Å². The smallest absolute Gasteiger partial charge is 0.0612 e. The molecule has 0 bridgehead atoms. The predicted molar refractivity (Wildman–Crippen MR) is 148 cm³/mol. The Kier molecular flexibility index (Phi) is 7.33. The molecule has 11 atom stereocenters. The molecule has 0 aromatic heterocycles. The van der Waals surface area contributed by atoms with Crippen molar-refractivity contribution < 1.29 is 4.74 Å². The van der Waals surface area contributed by atoms with Crippen LogP contribution in [-0.4, -0.2) is 42.8 Å². The van der Waals surface area contributed by atoms with E-state index in [-0.39, 0.29) is 7.43 Å². The summed E-state index contributed by atoms with van der Waals surface area (Å²) in [7, 11) is 0. The molecule has 0 N–H and O–H groups in total. The Bertz CT molecular complexity index is 897. The summed E-state index contributed by atoms with van der Waals surface area (Å²) >= 11 is 0. The maximum Gasteiger partial charge on any atom is 0.0612 e. The van der Waals surface area contributed by atoms with E-state index in [0.717, 1.165) is 67.0 Å². The molecule has 0 spiro atoms. The second-order valence-corrected chi connectivity index (χ2v) is 14.0. The molecular formula is C31H52N4O. The average molecular weight is 497 g/mol. The summed E-state index contributed by atoms with van der Waals surface area (Å²) in [6.45, 7) is 13.1. The van der Waals surface area contributed by atoms with Gasteiger partial charge in [-0.2, -0.15) is 0 Å². The molecule has 0 aromatic carbocycles. The molecule has 0 radical (unpaired) electrons. The third kappa shape index (κ3) is 3.98. The van der Waals surface area contributed by atoms with Gasteiger partial charge in [0.05, 0.1) is 6.10 Å². The molecule has 6 aliphatic rings. The van der Waals surface area contributed by atoms with Crippen LogP contribution in [0, 0.1) is 46.3 Å². The van der Waals surface area contributed by atoms with Gasteiger partial charge in [0.1, 0.15) is 0 Å². The first-order chi connectivity index (χ1) is 16.9. The van der Waals surface area contributed by atoms with Crippen LogP contribution in [0.15, 0.2) is 16.8 Å². The quantitative estimate of drug-likeness (QED) is 0.127. The Morgan fingerprint density at radius 2 is 1.94 bits per heavy atom. The number of rotatable bonds is 5. The molecule has 4 aliphatic carbocycles. The van der Waals surface area contributed by atoms with Crippen LogP contribution in [-0.2, 0) is 4.74 Å². The van der Waals surface area contributed by atoms with Crippen molar-refractivity contribution in [3.05, 3.63) is 22.1 Å². The number of fused-ring (bicyclic) bond motifs is 9. The molecule has 3 saturated carbocycles. The van der Waals surface area contributed by atoms with Gasteiger partial charge in [-0.3, -0.25) is 4.90 Å². The van der Waals surface area contributed by atoms with Crippen LogP contribution in [0.5, 0.6) is 0 Å². The predicted octanol–water partition coefficient (Wildman–Crippen LogP) is 8.02. The first-order valence-electron chi connectivity index (χ1n) is 14.9. The van der Waals surface area contributed by atoms with Crippen LogP contribution in [0.2, 0.25) is 0 Å². The van der Waals surface area contributed by atoms with E-state index < -0.39 is 0 Å². The number of hydrogen-bond donors (Lipinski definition) is 0. The van der Waals surface area contributed by atoms with E-state index in [1.165, 1.54) is 57.9 Å². The highest BCUT2D eigenvalue weighted by atomic mass is 16.5. The number of azide groups is 1. The fourth-order valence-corrected chi connectivity index (χ4v) is 10.9. The van der Waals surface area contributed by atoms with Gasteiger partial charge in [0.2, 0.25) is 0 Å². The SMILES string of the molecule is C.C[C@H]1CCC2[C@@H](C)C3C(CC4C5CC=C6C[C@@H](OCCCN=[N+]=[N-])CC[C@]6(C)C5CC[C@@]43C)N2C1. The summed E-state index contributed by atoms with van der Waals surface area (Å²) in [5.41, 5.74) is 11.1. The zero-order valence-corrected chi connectivity index (χ0v) is 22.7. The van der Waals surface area contributed by atoms with Gasteiger partial charge in [-0.1, -0.05) is 51.9 Å². The summed E-state index contributed by atoms with van der Waals surface area (Å²) < 4.78 is 6.24. The summed E-state index contributed by atoms with van der Waals surface area (Å²) in [6, 6.07) is 1.73. The minimum atomic E-state index is 0. The molecule has 36 heavy (non-hydrogen) atoms. The fraction of sp³-hybridized carbons (Fsp3) is 0.935. The maximum absolute atomic E-state index is 8.47. The highest BCUT2D eigenvalue weighted by molar-refractivity contribution is 5.27. The van der Waals surface area contributed by atoms with Crippen LogP contribution >= 0.6 is 0 Å². The molecule has 202 valence electrons. The van der Waals surface area contributed by atoms with E-state index in [1.54, 1.807) is 5.57 Å². The Labute approximate surface area is 220 Å². The van der Waals surface area contributed by atoms with Crippen molar-refractivity contribution in [1.29, 1.82) is 0 Å². The van der Waals surface area contributed by atoms with Crippen molar-refractivity contribution in [3.8, 4) is 0 Å². The number of piperidine rings is 1. The number of hydrogen-bond acceptors (Lipinski definition) is 3. The first kappa shape index (κ1) is 26.6. The normalized spacial score (nSPS) is 49.3. The molecule has 2 aliphatic heterocycles. The lowest BCUT2D eigenvalue weighted by Crippen LogP contribution is -2.51. The van der Waals surface area contributed by atoms with Gasteiger partial charge in [-0.05, 0) is 116 Å². The van der Waals surface area contributed by atoms with E-state index in [9.17, 15) is 0 Å². The molecule has 5 heteroatoms. The highest BCUT2D eigenvalue weighted by Gasteiger charge is 2.66. The minimum Gasteiger partial charge on any atom is -0.378 e. The maximum atomic E-state index is 8.47. The lowest BCUT2D eigenvalue weighted by Gasteiger charge is -2.58. The average Bonchev–Trinajstić information content (AvgIpc) is 3.30. The van der Waals surface area contributed by atoms with E-state index in [0.29, 0.717) is 23.5 Å². The van der Waals surface area contributed by atoms with E-state index in [1.807, 2.05) is 0 Å². The Morgan fingerprint density at radius 1 is 1.11 bits per heavy atom. The Balaban J connectivity index is 0.00000267. The Morgan fingerprint density at radius 3 is 2.75 bits per heavy atom. The molecule has 2 heterocycles. The molecular weight excluding hydrogens is 444 g/mol. The van der Waals surface area contributed by atoms with Gasteiger partial charge in [-0.25, -0.2) is 0 Å². The molecule has 0 aromatic rings. The van der Waals surface area contributed by atoms with Crippen LogP contribution in [0.4, 0.5) is 0 Å². The zero-order valence-electron chi connectivity index (χ0n) is 22.7. The van der Waals surface area contributed by atoms with Crippen LogP contribution < -0.4 is 0 Å². The molecule has 2 saturated heterocycles. The number of ether oxygens (including phenoxy) is 1. The lowest BCUT2D eigenvalue weighted by atomic mass is 9.47. The van der Waals surface area contributed by atoms with Crippen molar-refractivity contribution in [2.24, 2.45) is 51.5 Å². The largest absolute Gasteiger partial charge is 0.378 e. The summed E-state index contributed by atoms with van der Waals surface area (Å²) in [6.07, 6.45) is 16.1. The minimum absolute atomic E-state index is 0. The van der Waals surface area contributed by atoms with Crippen molar-refractivity contribution in [2.45, 2.75) is 118 Å². The van der Waals surface area contributed by atoms with Crippen molar-refractivity contribution in [3.63, 3.8) is 0 Å². The lowest BCUT2D eigenvalue weighted by molar-refractivity contribution is -0.0640. The molecule has 6 rings (SSSR count). The standard InChI is InChI=1S/C30H48N4O.CH4/c1-19-6-9-26-20(2)28-27(34(26)18-19)17-25-23-8-7-21-16-22(35-15-5-14-32-33-31)10-12-29(21,3)24(23)11-13-30(25,28)4;/h7,19-20,22-28H,5-6,8-18H2,1-4H3;1H4/t19-,20+,22-,23?,24?,25?,26?,27?,28?,29-,30-;/m0./s1. The van der Waals surface area contributed by atoms with Gasteiger partial charge in [0, 0.05) is 36.7 Å². The van der Waals surface area contributed by atoms with E-state index in [4.69, 9.17) is 10.3 Å². The Hall–Kier alpha value is -1.03. The zero-order chi connectivity index (χ0) is 24.4. The van der Waals surface area contributed by atoms with Crippen molar-refractivity contribution in [1.82, 2.24) is 4.90 Å². The van der Waals surface area contributed by atoms with E-state index in [2.05, 4.69) is 48.7 Å². The molecule has 5 fully saturated rings. The fourth-order valence-electron chi connectivity index (χ4n) is 10.9. The first-order valence-corrected chi connectivity index (χ1v) is 14.9. The third-order valence-electron chi connectivity index (χ3n) is 12.5. The van der Waals surface area contributed by atoms with Gasteiger partial charge < -0.3 is 4.74 Å². The van der Waals surface area contributed by atoms with Gasteiger partial charge in [0.15, 0.2) is 0 Å². The summed E-state index contributed by atoms with van der Waals surface area (Å²) in [5.74, 6) is 5.38. The van der Waals surface area contributed by atoms with E-state index >= 15 is 0 Å². The topological polar surface area (TPSA) is 61.2 Å². The van der Waals surface area contributed by atoms with Crippen LogP contribution in [0.25, 0.3) is 10.4 Å². The third-order valence-corrected chi connectivity index (χ3v) is 12.5. The molecule has 0 amide bonds. The summed E-state index contributed by atoms with van der Waals surface area (Å²) in [4.78, 5) is 5.88. The van der Waals surface area contributed by atoms with Crippen molar-refractivity contribution >= 4 is 0 Å². The second-order valence-electron chi connectivity index (χ2n) is 14.0. The monoisotopic (exact) mass is 496 g/mol. The van der Waals surface area contributed by atoms with Gasteiger partial charge in [-0.15, -0.1) is 0 Å².